The maximum absolute atomic E-state index is 13.5. The van der Waals surface area contributed by atoms with Crippen LogP contribution in [0.15, 0.2) is 81.1 Å². The molecule has 0 saturated heterocycles. The minimum Gasteiger partial charge on any atom is -0.497 e. The molecule has 5 rings (SSSR count). The molecule has 1 N–H and O–H groups in total. The van der Waals surface area contributed by atoms with Gasteiger partial charge in [0.05, 0.1) is 19.4 Å². The highest BCUT2D eigenvalue weighted by atomic mass is 32.2. The van der Waals surface area contributed by atoms with Crippen LogP contribution < -0.4 is 15.6 Å². The summed E-state index contributed by atoms with van der Waals surface area (Å²) in [4.78, 5) is 31.1. The van der Waals surface area contributed by atoms with Gasteiger partial charge in [-0.3, -0.25) is 14.2 Å². The molecule has 8 heteroatoms. The standard InChI is InChI=1S/C28H25N3O4S/c1-17-8-13-22(18(2)14-17)29-24(32)16-36-28-30-25-21-6-4-5-7-23(21)35-26(25)27(33)31(28)15-19-9-11-20(34-3)12-10-19/h4-14H,15-16H2,1-3H3,(H,29,32). The summed E-state index contributed by atoms with van der Waals surface area (Å²) in [7, 11) is 1.61. The van der Waals surface area contributed by atoms with E-state index < -0.39 is 0 Å². The zero-order chi connectivity index (χ0) is 25.2. The molecule has 0 atom stereocenters. The molecular formula is C28H25N3O4S. The van der Waals surface area contributed by atoms with Crippen LogP contribution in [0.2, 0.25) is 0 Å². The van der Waals surface area contributed by atoms with Crippen LogP contribution in [0.4, 0.5) is 5.69 Å². The number of anilines is 1. The Labute approximate surface area is 212 Å². The Bertz CT molecular complexity index is 1640. The number of para-hydroxylation sites is 1. The minimum atomic E-state index is -0.288. The number of nitrogens with one attached hydrogen (secondary N) is 1. The van der Waals surface area contributed by atoms with Crippen molar-refractivity contribution in [1.29, 1.82) is 0 Å². The summed E-state index contributed by atoms with van der Waals surface area (Å²) in [5, 5.41) is 4.17. The first-order valence-corrected chi connectivity index (χ1v) is 12.5. The number of amides is 1. The first-order chi connectivity index (χ1) is 17.4. The summed E-state index contributed by atoms with van der Waals surface area (Å²) in [6.07, 6.45) is 0. The number of furan rings is 1. The van der Waals surface area contributed by atoms with Crippen LogP contribution in [0.1, 0.15) is 16.7 Å². The van der Waals surface area contributed by atoms with Gasteiger partial charge in [0, 0.05) is 11.1 Å². The molecule has 5 aromatic rings. The largest absolute Gasteiger partial charge is 0.497 e. The number of carbonyl (C=O) groups is 1. The Morgan fingerprint density at radius 3 is 2.61 bits per heavy atom. The van der Waals surface area contributed by atoms with Crippen molar-refractivity contribution in [2.45, 2.75) is 25.5 Å². The van der Waals surface area contributed by atoms with Crippen LogP contribution in [-0.2, 0) is 11.3 Å². The predicted octanol–water partition coefficient (Wildman–Crippen LogP) is 5.55. The molecule has 0 radical (unpaired) electrons. The van der Waals surface area contributed by atoms with Crippen LogP contribution in [0, 0.1) is 13.8 Å². The van der Waals surface area contributed by atoms with Crippen molar-refractivity contribution < 1.29 is 13.9 Å². The van der Waals surface area contributed by atoms with Gasteiger partial charge in [-0.15, -0.1) is 0 Å². The summed E-state index contributed by atoms with van der Waals surface area (Å²) in [5.74, 6) is 0.660. The average molecular weight is 500 g/mol. The quantitative estimate of drug-likeness (QED) is 0.234. The Morgan fingerprint density at radius 2 is 1.86 bits per heavy atom. The predicted molar refractivity (Wildman–Crippen MR) is 143 cm³/mol. The molecule has 0 aliphatic rings. The number of aromatic nitrogens is 2. The lowest BCUT2D eigenvalue weighted by Gasteiger charge is -2.13. The number of carbonyl (C=O) groups excluding carboxylic acids is 1. The number of thioether (sulfide) groups is 1. The van der Waals surface area contributed by atoms with Gasteiger partial charge in [-0.2, -0.15) is 0 Å². The van der Waals surface area contributed by atoms with Crippen LogP contribution >= 0.6 is 11.8 Å². The third-order valence-electron chi connectivity index (χ3n) is 5.94. The van der Waals surface area contributed by atoms with Crippen molar-refractivity contribution in [1.82, 2.24) is 9.55 Å². The van der Waals surface area contributed by atoms with Gasteiger partial charge in [0.1, 0.15) is 16.8 Å². The van der Waals surface area contributed by atoms with Gasteiger partial charge in [0.15, 0.2) is 5.16 Å². The second-order valence-corrected chi connectivity index (χ2v) is 9.51. The molecule has 7 nitrogen and oxygen atoms in total. The first kappa shape index (κ1) is 23.7. The molecule has 2 aromatic heterocycles. The summed E-state index contributed by atoms with van der Waals surface area (Å²) >= 11 is 1.22. The zero-order valence-electron chi connectivity index (χ0n) is 20.2. The molecule has 0 bridgehead atoms. The molecule has 2 heterocycles. The van der Waals surface area contributed by atoms with E-state index >= 15 is 0 Å². The number of fused-ring (bicyclic) bond motifs is 3. The van der Waals surface area contributed by atoms with E-state index in [0.717, 1.165) is 33.5 Å². The van der Waals surface area contributed by atoms with E-state index in [4.69, 9.17) is 14.1 Å². The van der Waals surface area contributed by atoms with Gasteiger partial charge in [-0.25, -0.2) is 4.98 Å². The van der Waals surface area contributed by atoms with Crippen molar-refractivity contribution in [3.63, 3.8) is 0 Å². The zero-order valence-corrected chi connectivity index (χ0v) is 21.0. The van der Waals surface area contributed by atoms with Crippen LogP contribution in [-0.4, -0.2) is 28.3 Å². The Hall–Kier alpha value is -4.04. The third-order valence-corrected chi connectivity index (χ3v) is 6.91. The van der Waals surface area contributed by atoms with E-state index in [0.29, 0.717) is 16.3 Å². The van der Waals surface area contributed by atoms with Gasteiger partial charge in [-0.1, -0.05) is 53.7 Å². The molecule has 3 aromatic carbocycles. The smallest absolute Gasteiger partial charge is 0.298 e. The van der Waals surface area contributed by atoms with Crippen LogP contribution in [0.25, 0.3) is 22.1 Å². The number of benzene rings is 3. The van der Waals surface area contributed by atoms with Crippen molar-refractivity contribution in [3.05, 3.63) is 93.8 Å². The number of hydrogen-bond donors (Lipinski definition) is 1. The normalized spacial score (nSPS) is 11.2. The highest BCUT2D eigenvalue weighted by Crippen LogP contribution is 2.28. The molecule has 0 saturated carbocycles. The topological polar surface area (TPSA) is 86.4 Å². The molecule has 36 heavy (non-hydrogen) atoms. The van der Waals surface area contributed by atoms with Crippen LogP contribution in [0.5, 0.6) is 5.75 Å². The van der Waals surface area contributed by atoms with Gasteiger partial charge in [0.25, 0.3) is 5.56 Å². The van der Waals surface area contributed by atoms with Gasteiger partial charge in [0.2, 0.25) is 11.5 Å². The fraction of sp³-hybridized carbons (Fsp3) is 0.179. The fourth-order valence-corrected chi connectivity index (χ4v) is 4.88. The summed E-state index contributed by atoms with van der Waals surface area (Å²) in [6.45, 7) is 4.25. The Balaban J connectivity index is 1.49. The Morgan fingerprint density at radius 1 is 1.08 bits per heavy atom. The second-order valence-electron chi connectivity index (χ2n) is 8.56. The van der Waals surface area contributed by atoms with Gasteiger partial charge >= 0.3 is 0 Å². The summed E-state index contributed by atoms with van der Waals surface area (Å²) < 4.78 is 12.7. The average Bonchev–Trinajstić information content (AvgIpc) is 3.26. The molecule has 1 amide bonds. The molecule has 0 fully saturated rings. The number of nitrogens with zero attached hydrogens (tertiary/aromatic N) is 2. The molecule has 0 spiro atoms. The van der Waals surface area contributed by atoms with E-state index in [1.807, 2.05) is 80.6 Å². The van der Waals surface area contributed by atoms with E-state index in [1.54, 1.807) is 11.7 Å². The van der Waals surface area contributed by atoms with E-state index in [9.17, 15) is 9.59 Å². The molecule has 0 unspecified atom stereocenters. The number of aryl methyl sites for hydroxylation is 2. The second kappa shape index (κ2) is 9.91. The maximum atomic E-state index is 13.5. The summed E-state index contributed by atoms with van der Waals surface area (Å²) in [5.41, 5.74) is 4.81. The van der Waals surface area contributed by atoms with E-state index in [1.165, 1.54) is 11.8 Å². The lowest BCUT2D eigenvalue weighted by molar-refractivity contribution is -0.113. The molecule has 0 aliphatic heterocycles. The summed E-state index contributed by atoms with van der Waals surface area (Å²) in [6, 6.07) is 20.8. The lowest BCUT2D eigenvalue weighted by atomic mass is 10.1. The number of rotatable bonds is 7. The van der Waals surface area contributed by atoms with E-state index in [-0.39, 0.29) is 29.3 Å². The van der Waals surface area contributed by atoms with Crippen molar-refractivity contribution in [3.8, 4) is 5.75 Å². The van der Waals surface area contributed by atoms with Crippen molar-refractivity contribution >= 4 is 45.4 Å². The minimum absolute atomic E-state index is 0.101. The lowest BCUT2D eigenvalue weighted by Crippen LogP contribution is -2.24. The molecular weight excluding hydrogens is 474 g/mol. The van der Waals surface area contributed by atoms with Crippen LogP contribution in [0.3, 0.4) is 0 Å². The Kier molecular flexibility index (Phi) is 6.52. The number of ether oxygens (including phenoxy) is 1. The first-order valence-electron chi connectivity index (χ1n) is 11.5. The molecule has 182 valence electrons. The highest BCUT2D eigenvalue weighted by Gasteiger charge is 2.19. The molecule has 0 aliphatic carbocycles. The highest BCUT2D eigenvalue weighted by molar-refractivity contribution is 7.99. The van der Waals surface area contributed by atoms with Crippen molar-refractivity contribution in [2.75, 3.05) is 18.2 Å². The maximum Gasteiger partial charge on any atom is 0.298 e. The van der Waals surface area contributed by atoms with E-state index in [2.05, 4.69) is 5.32 Å². The number of methoxy groups -OCH3 is 1. The SMILES string of the molecule is COc1ccc(Cn2c(SCC(=O)Nc3ccc(C)cc3C)nc3c(oc4ccccc43)c2=O)cc1. The van der Waals surface area contributed by atoms with Crippen molar-refractivity contribution in [2.24, 2.45) is 0 Å². The third kappa shape index (κ3) is 4.72. The fourth-order valence-electron chi connectivity index (χ4n) is 4.09. The monoisotopic (exact) mass is 499 g/mol. The van der Waals surface area contributed by atoms with Gasteiger partial charge in [-0.05, 0) is 55.3 Å². The number of hydrogen-bond acceptors (Lipinski definition) is 6. The van der Waals surface area contributed by atoms with Gasteiger partial charge < -0.3 is 14.5 Å².